The second kappa shape index (κ2) is 12.7. The Kier molecular flexibility index (Phi) is 6.92. The zero-order chi connectivity index (χ0) is 40.5. The van der Waals surface area contributed by atoms with Gasteiger partial charge in [0.05, 0.1) is 0 Å². The van der Waals surface area contributed by atoms with E-state index in [4.69, 9.17) is 0 Å². The van der Waals surface area contributed by atoms with E-state index in [-0.39, 0.29) is 0 Å². The van der Waals surface area contributed by atoms with Gasteiger partial charge in [-0.1, -0.05) is 200 Å². The van der Waals surface area contributed by atoms with Gasteiger partial charge in [0.25, 0.3) is 0 Å². The summed E-state index contributed by atoms with van der Waals surface area (Å²) >= 11 is 0. The predicted molar refractivity (Wildman–Crippen MR) is 268 cm³/mol. The molecule has 0 spiro atoms. The number of hydrogen-bond donors (Lipinski definition) is 0. The Labute approximate surface area is 358 Å². The van der Waals surface area contributed by atoms with Gasteiger partial charge in [0, 0.05) is 0 Å². The molecule has 0 heterocycles. The van der Waals surface area contributed by atoms with Crippen LogP contribution in [-0.4, -0.2) is 0 Å². The molecule has 14 rings (SSSR count). The minimum atomic E-state index is 1.23. The molecule has 0 atom stereocenters. The van der Waals surface area contributed by atoms with E-state index >= 15 is 0 Å². The van der Waals surface area contributed by atoms with Crippen LogP contribution in [0.25, 0.3) is 141 Å². The van der Waals surface area contributed by atoms with Crippen molar-refractivity contribution in [2.24, 2.45) is 0 Å². The Morgan fingerprint density at radius 3 is 1.39 bits per heavy atom. The zero-order valence-corrected chi connectivity index (χ0v) is 33.8. The average molecular weight is 781 g/mol. The maximum Gasteiger partial charge on any atom is -0.000718 e. The molecule has 0 fully saturated rings. The van der Waals surface area contributed by atoms with E-state index in [1.807, 2.05) is 0 Å². The number of hydrogen-bond acceptors (Lipinski definition) is 0. The van der Waals surface area contributed by atoms with Gasteiger partial charge >= 0.3 is 0 Å². The van der Waals surface area contributed by atoms with Gasteiger partial charge in [-0.2, -0.15) is 0 Å². The van der Waals surface area contributed by atoms with Crippen molar-refractivity contribution < 1.29 is 0 Å². The van der Waals surface area contributed by atoms with Crippen LogP contribution in [0.4, 0.5) is 0 Å². The zero-order valence-electron chi connectivity index (χ0n) is 33.8. The van der Waals surface area contributed by atoms with Crippen molar-refractivity contribution in [2.75, 3.05) is 0 Å². The fraction of sp³-hybridized carbons (Fsp3) is 0. The van der Waals surface area contributed by atoms with Crippen LogP contribution in [0.3, 0.4) is 0 Å². The summed E-state index contributed by atoms with van der Waals surface area (Å²) in [5, 5.41) is 23.6. The van der Waals surface area contributed by atoms with Crippen LogP contribution >= 0.6 is 0 Å². The third-order valence-electron chi connectivity index (χ3n) is 13.9. The minimum Gasteiger partial charge on any atom is -0.0622 e. The maximum atomic E-state index is 2.53. The molecule has 0 saturated heterocycles. The van der Waals surface area contributed by atoms with E-state index in [0.717, 1.165) is 0 Å². The van der Waals surface area contributed by atoms with E-state index in [2.05, 4.69) is 218 Å². The van der Waals surface area contributed by atoms with Crippen LogP contribution < -0.4 is 0 Å². The van der Waals surface area contributed by atoms with Gasteiger partial charge in [0.2, 0.25) is 0 Å². The van der Waals surface area contributed by atoms with Gasteiger partial charge in [-0.3, -0.25) is 0 Å². The largest absolute Gasteiger partial charge is 0.0622 e. The minimum absolute atomic E-state index is 1.23. The van der Waals surface area contributed by atoms with Crippen LogP contribution in [0, 0.1) is 0 Å². The van der Waals surface area contributed by atoms with Crippen molar-refractivity contribution in [1.82, 2.24) is 0 Å². The van der Waals surface area contributed by atoms with Crippen LogP contribution in [0.1, 0.15) is 0 Å². The van der Waals surface area contributed by atoms with Crippen molar-refractivity contribution in [3.8, 4) is 44.5 Å². The summed E-state index contributed by atoms with van der Waals surface area (Å²) < 4.78 is 0. The summed E-state index contributed by atoms with van der Waals surface area (Å²) in [7, 11) is 0. The molecule has 0 aliphatic carbocycles. The predicted octanol–water partition coefficient (Wildman–Crippen LogP) is 17.6. The molecular weight excluding hydrogens is 745 g/mol. The lowest BCUT2D eigenvalue weighted by atomic mass is 9.84. The normalized spacial score (nSPS) is 12.2. The van der Waals surface area contributed by atoms with Crippen LogP contribution in [-0.2, 0) is 0 Å². The highest BCUT2D eigenvalue weighted by Crippen LogP contribution is 2.55. The third kappa shape index (κ3) is 4.56. The Morgan fingerprint density at radius 1 is 0.177 bits per heavy atom. The molecule has 0 unspecified atom stereocenters. The molecule has 0 amide bonds. The first-order chi connectivity index (χ1) is 30.8. The summed E-state index contributed by atoms with van der Waals surface area (Å²) in [5.41, 5.74) is 10.1. The molecule has 14 aromatic carbocycles. The second-order valence-corrected chi connectivity index (χ2v) is 17.0. The first-order valence-corrected chi connectivity index (χ1v) is 21.7. The molecular formula is C62H36. The highest BCUT2D eigenvalue weighted by molar-refractivity contribution is 6.46. The quantitative estimate of drug-likeness (QED) is 0.156. The second-order valence-electron chi connectivity index (χ2n) is 17.0. The van der Waals surface area contributed by atoms with Crippen molar-refractivity contribution in [2.45, 2.75) is 0 Å². The SMILES string of the molecule is c1ccc(-c2ccccc2-c2ccc3c(ccc4cc5c6c(-c7ccccc7)c7cc8c9ccccc9c9cccc(c7c(-c7ccccc7)c6c6cccc(c43)c56)c98)c2)cc1. The van der Waals surface area contributed by atoms with E-state index in [9.17, 15) is 0 Å². The molecule has 0 nitrogen and oxygen atoms in total. The Bertz CT molecular complexity index is 4110. The van der Waals surface area contributed by atoms with E-state index < -0.39 is 0 Å². The summed E-state index contributed by atoms with van der Waals surface area (Å²) in [4.78, 5) is 0. The molecule has 14 aromatic rings. The molecule has 0 saturated carbocycles. The molecule has 62 heavy (non-hydrogen) atoms. The van der Waals surface area contributed by atoms with Gasteiger partial charge < -0.3 is 0 Å². The number of rotatable bonds is 4. The highest BCUT2D eigenvalue weighted by atomic mass is 14.3. The van der Waals surface area contributed by atoms with Crippen molar-refractivity contribution in [1.29, 1.82) is 0 Å². The van der Waals surface area contributed by atoms with Gasteiger partial charge in [-0.25, -0.2) is 0 Å². The third-order valence-corrected chi connectivity index (χ3v) is 13.9. The monoisotopic (exact) mass is 780 g/mol. The van der Waals surface area contributed by atoms with Crippen molar-refractivity contribution in [3.63, 3.8) is 0 Å². The summed E-state index contributed by atoms with van der Waals surface area (Å²) in [6.07, 6.45) is 0. The lowest BCUT2D eigenvalue weighted by molar-refractivity contribution is 1.59. The molecule has 0 aliphatic rings. The summed E-state index contributed by atoms with van der Waals surface area (Å²) in [6.45, 7) is 0. The summed E-state index contributed by atoms with van der Waals surface area (Å²) in [6, 6.07) is 81.7. The van der Waals surface area contributed by atoms with E-state index in [0.29, 0.717) is 0 Å². The molecule has 284 valence electrons. The molecule has 0 radical (unpaired) electrons. The first-order valence-electron chi connectivity index (χ1n) is 21.7. The highest BCUT2D eigenvalue weighted by Gasteiger charge is 2.27. The van der Waals surface area contributed by atoms with Crippen LogP contribution in [0.2, 0.25) is 0 Å². The lowest BCUT2D eigenvalue weighted by Gasteiger charge is -2.19. The van der Waals surface area contributed by atoms with Gasteiger partial charge in [-0.15, -0.1) is 0 Å². The van der Waals surface area contributed by atoms with Crippen molar-refractivity contribution >= 4 is 97.0 Å². The Hall–Kier alpha value is -8.06. The van der Waals surface area contributed by atoms with Crippen molar-refractivity contribution in [3.05, 3.63) is 218 Å². The summed E-state index contributed by atoms with van der Waals surface area (Å²) in [5.74, 6) is 0. The lowest BCUT2D eigenvalue weighted by Crippen LogP contribution is -1.91. The fourth-order valence-electron chi connectivity index (χ4n) is 11.4. The van der Waals surface area contributed by atoms with Gasteiger partial charge in [-0.05, 0) is 160 Å². The smallest absolute Gasteiger partial charge is 0.000718 e. The molecule has 0 aliphatic heterocycles. The molecule has 0 bridgehead atoms. The molecule has 0 heteroatoms. The Balaban J connectivity index is 1.16. The molecule has 0 aromatic heterocycles. The molecule has 0 N–H and O–H groups in total. The van der Waals surface area contributed by atoms with Gasteiger partial charge in [0.1, 0.15) is 0 Å². The fourth-order valence-corrected chi connectivity index (χ4v) is 11.4. The topological polar surface area (TPSA) is 0 Å². The van der Waals surface area contributed by atoms with E-state index in [1.54, 1.807) is 0 Å². The number of fused-ring (bicyclic) bond motifs is 12. The van der Waals surface area contributed by atoms with Crippen LogP contribution in [0.15, 0.2) is 218 Å². The maximum absolute atomic E-state index is 2.53. The average Bonchev–Trinajstić information content (AvgIpc) is 3.85. The first kappa shape index (κ1) is 33.7. The van der Waals surface area contributed by atoms with E-state index in [1.165, 1.54) is 141 Å². The Morgan fingerprint density at radius 2 is 0.677 bits per heavy atom. The standard InChI is InChI=1S/C62H36/c1-4-16-37(17-5-1)43-22-10-11-23-44(43)40-32-33-45-41(34-40)30-31-42-35-53-59-49(55(42)45)27-15-29-51(59)61-57(39-20-8-3-9-21-39)60-50-28-14-26-48-46-24-12-13-25-47(46)52(58(48)50)36-54(60)56(62(53)61)38-18-6-2-7-19-38/h1-36H. The van der Waals surface area contributed by atoms with Gasteiger partial charge in [0.15, 0.2) is 0 Å². The number of benzene rings is 12. The van der Waals surface area contributed by atoms with Crippen LogP contribution in [0.5, 0.6) is 0 Å².